The van der Waals surface area contributed by atoms with Crippen LogP contribution in [0.5, 0.6) is 5.75 Å². The van der Waals surface area contributed by atoms with Gasteiger partial charge in [0.15, 0.2) is 0 Å². The van der Waals surface area contributed by atoms with Gasteiger partial charge in [0.2, 0.25) is 5.91 Å². The van der Waals surface area contributed by atoms with Gasteiger partial charge in [-0.3, -0.25) is 9.59 Å². The number of allylic oxidation sites excluding steroid dienone is 1. The van der Waals surface area contributed by atoms with Crippen molar-refractivity contribution < 1.29 is 19.1 Å². The monoisotopic (exact) mass is 332 g/mol. The maximum absolute atomic E-state index is 12.3. The Balaban J connectivity index is 1.96. The topological polar surface area (TPSA) is 67.9 Å². The number of hydrogen-bond acceptors (Lipinski definition) is 4. The predicted molar refractivity (Wildman–Crippen MR) is 91.2 cm³/mol. The van der Waals surface area contributed by atoms with Crippen LogP contribution in [0.1, 0.15) is 22.8 Å². The number of morpholine rings is 1. The second kappa shape index (κ2) is 8.49. The molecule has 6 heteroatoms. The molecule has 2 rings (SSSR count). The lowest BCUT2D eigenvalue weighted by atomic mass is 10.1. The number of ether oxygens (including phenoxy) is 2. The van der Waals surface area contributed by atoms with Crippen LogP contribution >= 0.6 is 0 Å². The van der Waals surface area contributed by atoms with Crippen LogP contribution in [-0.2, 0) is 16.0 Å². The summed E-state index contributed by atoms with van der Waals surface area (Å²) in [7, 11) is 1.60. The Morgan fingerprint density at radius 2 is 2.29 bits per heavy atom. The van der Waals surface area contributed by atoms with E-state index in [1.165, 1.54) is 0 Å². The number of nitrogens with one attached hydrogen (secondary N) is 1. The summed E-state index contributed by atoms with van der Waals surface area (Å²) in [5.74, 6) is 0.588. The summed E-state index contributed by atoms with van der Waals surface area (Å²) in [4.78, 5) is 25.5. The van der Waals surface area contributed by atoms with Crippen molar-refractivity contribution in [3.05, 3.63) is 42.0 Å². The summed E-state index contributed by atoms with van der Waals surface area (Å²) < 4.78 is 10.9. The highest BCUT2D eigenvalue weighted by atomic mass is 16.5. The normalized spacial score (nSPS) is 17.2. The zero-order valence-corrected chi connectivity index (χ0v) is 14.2. The van der Waals surface area contributed by atoms with E-state index in [1.807, 2.05) is 0 Å². The molecule has 1 atom stereocenters. The molecule has 1 aromatic carbocycles. The molecular formula is C18H24N2O4. The van der Waals surface area contributed by atoms with E-state index in [2.05, 4.69) is 11.9 Å². The molecule has 0 aliphatic carbocycles. The van der Waals surface area contributed by atoms with Gasteiger partial charge in [0.1, 0.15) is 5.75 Å². The van der Waals surface area contributed by atoms with E-state index in [1.54, 1.807) is 43.2 Å². The van der Waals surface area contributed by atoms with Crippen LogP contribution in [0.3, 0.4) is 0 Å². The van der Waals surface area contributed by atoms with Crippen LogP contribution in [0.2, 0.25) is 0 Å². The van der Waals surface area contributed by atoms with Gasteiger partial charge in [-0.2, -0.15) is 0 Å². The Labute approximate surface area is 142 Å². The fourth-order valence-corrected chi connectivity index (χ4v) is 2.67. The van der Waals surface area contributed by atoms with Gasteiger partial charge in [0, 0.05) is 32.1 Å². The van der Waals surface area contributed by atoms with Crippen molar-refractivity contribution in [2.45, 2.75) is 19.4 Å². The lowest BCUT2D eigenvalue weighted by Crippen LogP contribution is -2.49. The number of amides is 2. The molecule has 0 radical (unpaired) electrons. The Hall–Kier alpha value is -2.34. The molecule has 130 valence electrons. The molecule has 1 saturated heterocycles. The van der Waals surface area contributed by atoms with Gasteiger partial charge < -0.3 is 19.7 Å². The molecule has 1 fully saturated rings. The van der Waals surface area contributed by atoms with Crippen molar-refractivity contribution in [1.82, 2.24) is 10.2 Å². The van der Waals surface area contributed by atoms with Gasteiger partial charge in [-0.15, -0.1) is 6.58 Å². The molecule has 0 saturated carbocycles. The largest absolute Gasteiger partial charge is 0.496 e. The first-order valence-corrected chi connectivity index (χ1v) is 7.98. The second-order valence-electron chi connectivity index (χ2n) is 5.69. The van der Waals surface area contributed by atoms with E-state index in [4.69, 9.17) is 9.47 Å². The molecule has 1 N–H and O–H groups in total. The summed E-state index contributed by atoms with van der Waals surface area (Å²) in [6.07, 6.45) is 2.22. The summed E-state index contributed by atoms with van der Waals surface area (Å²) in [6, 6.07) is 5.31. The van der Waals surface area contributed by atoms with Crippen molar-refractivity contribution in [2.24, 2.45) is 0 Å². The zero-order valence-electron chi connectivity index (χ0n) is 14.2. The third-order valence-corrected chi connectivity index (χ3v) is 3.98. The highest BCUT2D eigenvalue weighted by molar-refractivity contribution is 5.94. The third kappa shape index (κ3) is 4.58. The van der Waals surface area contributed by atoms with E-state index < -0.39 is 0 Å². The van der Waals surface area contributed by atoms with Crippen LogP contribution < -0.4 is 10.1 Å². The highest BCUT2D eigenvalue weighted by Crippen LogP contribution is 2.20. The quantitative estimate of drug-likeness (QED) is 0.800. The lowest BCUT2D eigenvalue weighted by molar-refractivity contribution is -0.136. The number of carbonyl (C=O) groups is 2. The summed E-state index contributed by atoms with van der Waals surface area (Å²) in [5, 5.41) is 2.87. The van der Waals surface area contributed by atoms with Crippen molar-refractivity contribution in [3.63, 3.8) is 0 Å². The van der Waals surface area contributed by atoms with Gasteiger partial charge >= 0.3 is 0 Å². The number of rotatable bonds is 6. The maximum Gasteiger partial charge on any atom is 0.251 e. The number of carbonyl (C=O) groups excluding carboxylic acids is 2. The average Bonchev–Trinajstić information content (AvgIpc) is 2.60. The first-order valence-electron chi connectivity index (χ1n) is 7.98. The molecule has 2 amide bonds. The number of benzene rings is 1. The minimum absolute atomic E-state index is 0.0267. The zero-order chi connectivity index (χ0) is 17.5. The van der Waals surface area contributed by atoms with E-state index in [0.717, 1.165) is 11.3 Å². The van der Waals surface area contributed by atoms with E-state index in [0.29, 0.717) is 38.2 Å². The van der Waals surface area contributed by atoms with Crippen LogP contribution in [0.4, 0.5) is 0 Å². The lowest BCUT2D eigenvalue weighted by Gasteiger charge is -2.32. The summed E-state index contributed by atoms with van der Waals surface area (Å²) in [5.41, 5.74) is 1.48. The van der Waals surface area contributed by atoms with Gasteiger partial charge in [-0.25, -0.2) is 0 Å². The van der Waals surface area contributed by atoms with Crippen LogP contribution in [-0.4, -0.2) is 56.2 Å². The van der Waals surface area contributed by atoms with Crippen molar-refractivity contribution in [1.29, 1.82) is 0 Å². The standard InChI is InChI=1S/C18H24N2O4/c1-4-5-14-10-15(6-7-17(14)23-3)18(22)19-11-16-12-20(13(2)21)8-9-24-16/h4,6-7,10,16H,1,5,8-9,11-12H2,2-3H3,(H,19,22). The summed E-state index contributed by atoms with van der Waals surface area (Å²) >= 11 is 0. The summed E-state index contributed by atoms with van der Waals surface area (Å²) in [6.45, 7) is 7.22. The fourth-order valence-electron chi connectivity index (χ4n) is 2.67. The van der Waals surface area contributed by atoms with Crippen LogP contribution in [0.15, 0.2) is 30.9 Å². The average molecular weight is 332 g/mol. The van der Waals surface area contributed by atoms with E-state index in [9.17, 15) is 9.59 Å². The minimum atomic E-state index is -0.183. The Morgan fingerprint density at radius 1 is 1.50 bits per heavy atom. The fraction of sp³-hybridized carbons (Fsp3) is 0.444. The first-order chi connectivity index (χ1) is 11.5. The number of hydrogen-bond donors (Lipinski definition) is 1. The molecule has 1 aliphatic rings. The molecule has 1 aromatic rings. The molecule has 1 heterocycles. The van der Waals surface area contributed by atoms with E-state index in [-0.39, 0.29) is 17.9 Å². The molecule has 24 heavy (non-hydrogen) atoms. The van der Waals surface area contributed by atoms with Crippen molar-refractivity contribution in [2.75, 3.05) is 33.4 Å². The SMILES string of the molecule is C=CCc1cc(C(=O)NCC2CN(C(C)=O)CCO2)ccc1OC. The molecule has 0 aromatic heterocycles. The van der Waals surface area contributed by atoms with Crippen molar-refractivity contribution in [3.8, 4) is 5.75 Å². The number of methoxy groups -OCH3 is 1. The van der Waals surface area contributed by atoms with Gasteiger partial charge in [0.25, 0.3) is 5.91 Å². The Bertz CT molecular complexity index is 615. The smallest absolute Gasteiger partial charge is 0.251 e. The molecule has 0 bridgehead atoms. The molecular weight excluding hydrogens is 308 g/mol. The van der Waals surface area contributed by atoms with Crippen LogP contribution in [0, 0.1) is 0 Å². The minimum Gasteiger partial charge on any atom is -0.496 e. The predicted octanol–water partition coefficient (Wildman–Crippen LogP) is 1.40. The molecule has 6 nitrogen and oxygen atoms in total. The highest BCUT2D eigenvalue weighted by Gasteiger charge is 2.22. The van der Waals surface area contributed by atoms with Crippen molar-refractivity contribution >= 4 is 11.8 Å². The Kier molecular flexibility index (Phi) is 6.37. The van der Waals surface area contributed by atoms with Crippen LogP contribution in [0.25, 0.3) is 0 Å². The molecule has 1 aliphatic heterocycles. The van der Waals surface area contributed by atoms with Gasteiger partial charge in [-0.1, -0.05) is 6.08 Å². The second-order valence-corrected chi connectivity index (χ2v) is 5.69. The number of nitrogens with zero attached hydrogens (tertiary/aromatic N) is 1. The molecule has 0 spiro atoms. The first kappa shape index (κ1) is 18.0. The van der Waals surface area contributed by atoms with Gasteiger partial charge in [0.05, 0.1) is 19.8 Å². The van der Waals surface area contributed by atoms with E-state index >= 15 is 0 Å². The van der Waals surface area contributed by atoms with Gasteiger partial charge in [-0.05, 0) is 30.2 Å². The third-order valence-electron chi connectivity index (χ3n) is 3.98. The Morgan fingerprint density at radius 3 is 2.96 bits per heavy atom. The maximum atomic E-state index is 12.3. The molecule has 1 unspecified atom stereocenters.